The topological polar surface area (TPSA) is 95.1 Å². The number of carbonyl (C=O) groups excluding carboxylic acids is 1. The Labute approximate surface area is 122 Å². The zero-order valence-corrected chi connectivity index (χ0v) is 11.7. The Bertz CT molecular complexity index is 622. The third-order valence-electron chi connectivity index (χ3n) is 3.23. The SMILES string of the molecule is CC(CCNC(=O)c1cn[nH]c1-c1ccccc1)C(=O)O. The van der Waals surface area contributed by atoms with Crippen molar-refractivity contribution in [3.63, 3.8) is 0 Å². The molecular formula is C15H17N3O3. The van der Waals surface area contributed by atoms with Crippen LogP contribution in [0.25, 0.3) is 11.3 Å². The minimum atomic E-state index is -0.863. The lowest BCUT2D eigenvalue weighted by Gasteiger charge is -2.08. The molecule has 21 heavy (non-hydrogen) atoms. The van der Waals surface area contributed by atoms with Gasteiger partial charge in [0, 0.05) is 12.1 Å². The molecular weight excluding hydrogens is 270 g/mol. The number of hydrogen-bond acceptors (Lipinski definition) is 3. The van der Waals surface area contributed by atoms with Crippen molar-refractivity contribution in [1.29, 1.82) is 0 Å². The molecule has 2 aromatic rings. The molecule has 1 unspecified atom stereocenters. The maximum atomic E-state index is 12.1. The molecule has 0 fully saturated rings. The molecule has 1 aromatic heterocycles. The molecule has 0 saturated heterocycles. The van der Waals surface area contributed by atoms with Gasteiger partial charge in [0.15, 0.2) is 0 Å². The lowest BCUT2D eigenvalue weighted by Crippen LogP contribution is -2.27. The molecule has 2 rings (SSSR count). The van der Waals surface area contributed by atoms with Crippen molar-refractivity contribution in [1.82, 2.24) is 15.5 Å². The summed E-state index contributed by atoms with van der Waals surface area (Å²) in [5.41, 5.74) is 1.97. The van der Waals surface area contributed by atoms with E-state index in [0.29, 0.717) is 24.2 Å². The summed E-state index contributed by atoms with van der Waals surface area (Å²) in [5, 5.41) is 18.2. The second-order valence-corrected chi connectivity index (χ2v) is 4.81. The Morgan fingerprint density at radius 1 is 1.33 bits per heavy atom. The van der Waals surface area contributed by atoms with E-state index in [0.717, 1.165) is 5.56 Å². The van der Waals surface area contributed by atoms with E-state index in [9.17, 15) is 9.59 Å². The van der Waals surface area contributed by atoms with Crippen molar-refractivity contribution in [2.45, 2.75) is 13.3 Å². The molecule has 0 aliphatic rings. The van der Waals surface area contributed by atoms with Gasteiger partial charge in [0.25, 0.3) is 5.91 Å². The number of carboxylic acid groups (broad SMARTS) is 1. The van der Waals surface area contributed by atoms with Crippen LogP contribution in [0.15, 0.2) is 36.5 Å². The normalized spacial score (nSPS) is 11.9. The predicted octanol–water partition coefficient (Wildman–Crippen LogP) is 1.92. The van der Waals surface area contributed by atoms with Crippen LogP contribution in [0.1, 0.15) is 23.7 Å². The van der Waals surface area contributed by atoms with Crippen molar-refractivity contribution >= 4 is 11.9 Å². The molecule has 3 N–H and O–H groups in total. The van der Waals surface area contributed by atoms with Crippen LogP contribution in [0.3, 0.4) is 0 Å². The number of carbonyl (C=O) groups is 2. The molecule has 0 saturated carbocycles. The molecule has 0 aliphatic heterocycles. The first-order valence-corrected chi connectivity index (χ1v) is 6.69. The zero-order chi connectivity index (χ0) is 15.2. The van der Waals surface area contributed by atoms with E-state index in [1.54, 1.807) is 6.92 Å². The number of rotatable bonds is 6. The fourth-order valence-electron chi connectivity index (χ4n) is 1.90. The number of aromatic nitrogens is 2. The molecule has 0 bridgehead atoms. The summed E-state index contributed by atoms with van der Waals surface area (Å²) < 4.78 is 0. The highest BCUT2D eigenvalue weighted by Gasteiger charge is 2.16. The summed E-state index contributed by atoms with van der Waals surface area (Å²) in [6, 6.07) is 9.43. The fraction of sp³-hybridized carbons (Fsp3) is 0.267. The third kappa shape index (κ3) is 3.68. The minimum absolute atomic E-state index is 0.264. The maximum absolute atomic E-state index is 12.1. The van der Waals surface area contributed by atoms with Crippen LogP contribution in [0.5, 0.6) is 0 Å². The molecule has 0 aliphatic carbocycles. The van der Waals surface area contributed by atoms with E-state index in [1.165, 1.54) is 6.20 Å². The molecule has 1 aromatic carbocycles. The standard InChI is InChI=1S/C15H17N3O3/c1-10(15(20)21)7-8-16-14(19)12-9-17-18-13(12)11-5-3-2-4-6-11/h2-6,9-10H,7-8H2,1H3,(H,16,19)(H,17,18)(H,20,21). The lowest BCUT2D eigenvalue weighted by molar-refractivity contribution is -0.141. The number of benzene rings is 1. The number of hydrogen-bond donors (Lipinski definition) is 3. The maximum Gasteiger partial charge on any atom is 0.306 e. The number of aromatic amines is 1. The summed E-state index contributed by atoms with van der Waals surface area (Å²) >= 11 is 0. The quantitative estimate of drug-likeness (QED) is 0.756. The second-order valence-electron chi connectivity index (χ2n) is 4.81. The van der Waals surface area contributed by atoms with Crippen molar-refractivity contribution in [2.24, 2.45) is 5.92 Å². The van der Waals surface area contributed by atoms with Gasteiger partial charge in [-0.2, -0.15) is 5.10 Å². The summed E-state index contributed by atoms with van der Waals surface area (Å²) in [5.74, 6) is -1.61. The number of H-pyrrole nitrogens is 1. The Morgan fingerprint density at radius 3 is 2.71 bits per heavy atom. The second kappa shape index (κ2) is 6.69. The molecule has 1 heterocycles. The third-order valence-corrected chi connectivity index (χ3v) is 3.23. The van der Waals surface area contributed by atoms with Gasteiger partial charge in [0.2, 0.25) is 0 Å². The first-order valence-electron chi connectivity index (χ1n) is 6.69. The smallest absolute Gasteiger partial charge is 0.306 e. The largest absolute Gasteiger partial charge is 0.481 e. The van der Waals surface area contributed by atoms with Crippen LogP contribution in [0.2, 0.25) is 0 Å². The predicted molar refractivity (Wildman–Crippen MR) is 77.8 cm³/mol. The van der Waals surface area contributed by atoms with Crippen LogP contribution < -0.4 is 5.32 Å². The Kier molecular flexibility index (Phi) is 4.71. The van der Waals surface area contributed by atoms with Crippen molar-refractivity contribution in [2.75, 3.05) is 6.54 Å². The van der Waals surface area contributed by atoms with Gasteiger partial charge in [0.05, 0.1) is 23.4 Å². The Balaban J connectivity index is 2.01. The van der Waals surface area contributed by atoms with Crippen molar-refractivity contribution in [3.8, 4) is 11.3 Å². The average Bonchev–Trinajstić information content (AvgIpc) is 2.97. The van der Waals surface area contributed by atoms with E-state index >= 15 is 0 Å². The highest BCUT2D eigenvalue weighted by Crippen LogP contribution is 2.20. The van der Waals surface area contributed by atoms with Crippen LogP contribution in [0, 0.1) is 5.92 Å². The van der Waals surface area contributed by atoms with Gasteiger partial charge in [-0.25, -0.2) is 0 Å². The first-order chi connectivity index (χ1) is 10.1. The van der Waals surface area contributed by atoms with Gasteiger partial charge < -0.3 is 10.4 Å². The molecule has 6 heteroatoms. The van der Waals surface area contributed by atoms with Crippen LogP contribution in [0.4, 0.5) is 0 Å². The van der Waals surface area contributed by atoms with E-state index in [-0.39, 0.29) is 5.91 Å². The fourth-order valence-corrected chi connectivity index (χ4v) is 1.90. The number of amides is 1. The first kappa shape index (κ1) is 14.8. The molecule has 0 radical (unpaired) electrons. The van der Waals surface area contributed by atoms with E-state index in [2.05, 4.69) is 15.5 Å². The average molecular weight is 287 g/mol. The lowest BCUT2D eigenvalue weighted by atomic mass is 10.1. The number of aliphatic carboxylic acids is 1. The number of nitrogens with one attached hydrogen (secondary N) is 2. The highest BCUT2D eigenvalue weighted by molar-refractivity contribution is 5.99. The van der Waals surface area contributed by atoms with Crippen molar-refractivity contribution in [3.05, 3.63) is 42.1 Å². The number of nitrogens with zero attached hydrogens (tertiary/aromatic N) is 1. The van der Waals surface area contributed by atoms with Gasteiger partial charge in [-0.3, -0.25) is 14.7 Å². The van der Waals surface area contributed by atoms with Gasteiger partial charge in [-0.1, -0.05) is 37.3 Å². The van der Waals surface area contributed by atoms with Crippen molar-refractivity contribution < 1.29 is 14.7 Å². The van der Waals surface area contributed by atoms with Crippen LogP contribution >= 0.6 is 0 Å². The van der Waals surface area contributed by atoms with Gasteiger partial charge in [0.1, 0.15) is 0 Å². The molecule has 6 nitrogen and oxygen atoms in total. The minimum Gasteiger partial charge on any atom is -0.481 e. The van der Waals surface area contributed by atoms with Gasteiger partial charge >= 0.3 is 5.97 Å². The number of carboxylic acids is 1. The monoisotopic (exact) mass is 287 g/mol. The van der Waals surface area contributed by atoms with E-state index in [1.807, 2.05) is 30.3 Å². The molecule has 110 valence electrons. The zero-order valence-electron chi connectivity index (χ0n) is 11.7. The summed E-state index contributed by atoms with van der Waals surface area (Å²) in [6.45, 7) is 1.92. The van der Waals surface area contributed by atoms with Gasteiger partial charge in [-0.05, 0) is 6.42 Å². The summed E-state index contributed by atoms with van der Waals surface area (Å²) in [7, 11) is 0. The summed E-state index contributed by atoms with van der Waals surface area (Å²) in [4.78, 5) is 22.8. The van der Waals surface area contributed by atoms with Crippen LogP contribution in [-0.4, -0.2) is 33.7 Å². The highest BCUT2D eigenvalue weighted by atomic mass is 16.4. The van der Waals surface area contributed by atoms with Crippen LogP contribution in [-0.2, 0) is 4.79 Å². The Morgan fingerprint density at radius 2 is 2.05 bits per heavy atom. The molecule has 1 atom stereocenters. The van der Waals surface area contributed by atoms with E-state index in [4.69, 9.17) is 5.11 Å². The van der Waals surface area contributed by atoms with E-state index < -0.39 is 11.9 Å². The Hall–Kier alpha value is -2.63. The molecule has 0 spiro atoms. The molecule has 1 amide bonds. The summed E-state index contributed by atoms with van der Waals surface area (Å²) in [6.07, 6.45) is 1.86. The van der Waals surface area contributed by atoms with Gasteiger partial charge in [-0.15, -0.1) is 0 Å².